The van der Waals surface area contributed by atoms with E-state index in [4.69, 9.17) is 33.7 Å². The summed E-state index contributed by atoms with van der Waals surface area (Å²) in [5, 5.41) is 13.3. The van der Waals surface area contributed by atoms with Crippen LogP contribution in [0.15, 0.2) is 72.8 Å². The summed E-state index contributed by atoms with van der Waals surface area (Å²) in [5.41, 5.74) is -0.773. The van der Waals surface area contributed by atoms with E-state index in [1.54, 1.807) is 44.4 Å². The number of aliphatic hydroxyl groups excluding tert-OH is 1. The molecular weight excluding hydrogens is 1190 g/mol. The zero-order valence-corrected chi connectivity index (χ0v) is 57.9. The number of allylic oxidation sites excluding steroid dienone is 4. The Kier molecular flexibility index (Phi) is 21.8. The third-order valence-corrected chi connectivity index (χ3v) is 20.4. The summed E-state index contributed by atoms with van der Waals surface area (Å²) < 4.78 is 30.0. The number of ketones is 3. The van der Waals surface area contributed by atoms with E-state index in [1.807, 2.05) is 75.4 Å². The fraction of sp³-hybridized carbons (Fsp3) is 0.589. The van der Waals surface area contributed by atoms with Crippen molar-refractivity contribution in [2.45, 2.75) is 212 Å². The molecule has 2 saturated carbocycles. The normalized spacial score (nSPS) is 31.0. The molecule has 11 atom stereocenters. The molecule has 2 aliphatic carbocycles. The molecule has 2 aromatic heterocycles. The predicted molar refractivity (Wildman–Crippen MR) is 346 cm³/mol. The second-order valence-corrected chi connectivity index (χ2v) is 28.3. The van der Waals surface area contributed by atoms with Crippen molar-refractivity contribution in [3.63, 3.8) is 0 Å². The molecule has 2 saturated heterocycles. The number of aliphatic hydroxyl groups is 1. The number of aryl methyl sites for hydroxylation is 2. The van der Waals surface area contributed by atoms with Crippen LogP contribution in [-0.2, 0) is 47.8 Å². The molecule has 2 amide bonds. The zero-order chi connectivity index (χ0) is 64.8. The second kappa shape index (κ2) is 28.6. The Morgan fingerprint density at radius 2 is 1.16 bits per heavy atom. The fourth-order valence-corrected chi connectivity index (χ4v) is 15.6. The van der Waals surface area contributed by atoms with Crippen LogP contribution >= 0.6 is 0 Å². The van der Waals surface area contributed by atoms with Gasteiger partial charge in [-0.2, -0.15) is 0 Å². The van der Waals surface area contributed by atoms with Crippen LogP contribution in [0.3, 0.4) is 0 Å². The molecule has 4 fully saturated rings. The summed E-state index contributed by atoms with van der Waals surface area (Å²) in [7, 11) is 0. The number of ether oxygens (including phenoxy) is 5. The number of pyridine rings is 2. The molecule has 3 radical (unpaired) electrons. The van der Waals surface area contributed by atoms with E-state index in [2.05, 4.69) is 18.2 Å². The average molecular weight is 1280 g/mol. The third kappa shape index (κ3) is 14.6. The van der Waals surface area contributed by atoms with Gasteiger partial charge in [-0.25, -0.2) is 9.97 Å². The number of fused-ring (bicyclic) bond motifs is 10. The van der Waals surface area contributed by atoms with Crippen LogP contribution < -0.4 is 39.0 Å². The number of para-hydroxylation sites is 2. The van der Waals surface area contributed by atoms with E-state index in [9.17, 15) is 43.5 Å². The summed E-state index contributed by atoms with van der Waals surface area (Å²) >= 11 is 0. The summed E-state index contributed by atoms with van der Waals surface area (Å²) in [5.74, 6) is -2.26. The van der Waals surface area contributed by atoms with E-state index >= 15 is 0 Å². The first kappa shape index (κ1) is 71.0. The first-order valence-electron chi connectivity index (χ1n) is 33.4. The van der Waals surface area contributed by atoms with Crippen molar-refractivity contribution >= 4 is 77.3 Å². The molecule has 93 heavy (non-hydrogen) atoms. The van der Waals surface area contributed by atoms with Crippen molar-refractivity contribution in [1.29, 1.82) is 0 Å². The van der Waals surface area contributed by atoms with E-state index in [-0.39, 0.29) is 170 Å². The number of carbonyl (C=O) groups is 8. The van der Waals surface area contributed by atoms with Crippen LogP contribution in [0, 0.1) is 48.3 Å². The van der Waals surface area contributed by atoms with Crippen LogP contribution in [0.1, 0.15) is 198 Å². The number of esters is 3. The molecule has 4 aromatic rings. The van der Waals surface area contributed by atoms with Crippen molar-refractivity contribution in [2.75, 3.05) is 26.3 Å². The van der Waals surface area contributed by atoms with Crippen LogP contribution in [0.5, 0.6) is 11.5 Å². The van der Waals surface area contributed by atoms with Gasteiger partial charge in [0, 0.05) is 68.7 Å². The van der Waals surface area contributed by atoms with Gasteiger partial charge in [-0.05, 0) is 124 Å². The number of aromatic nitrogens is 2. The average Bonchev–Trinajstić information content (AvgIpc) is 1.47. The molecule has 1 unspecified atom stereocenters. The molecule has 0 bridgehead atoms. The summed E-state index contributed by atoms with van der Waals surface area (Å²) in [6.07, 6.45) is 17.4. The Labute approximate surface area is 571 Å². The molecule has 491 valence electrons. The minimum Gasteiger partial charge on any atom is -1.00 e. The van der Waals surface area contributed by atoms with Gasteiger partial charge in [0.15, 0.2) is 23.1 Å². The maximum Gasteiger partial charge on any atom is 1.00 e. The Morgan fingerprint density at radius 1 is 0.656 bits per heavy atom. The Hall–Kier alpha value is -6.28. The van der Waals surface area contributed by atoms with Crippen LogP contribution in [0.25, 0.3) is 21.8 Å². The molecule has 2 aromatic carbocycles. The molecule has 12 rings (SSSR count). The molecule has 18 nitrogen and oxygen atoms in total. The van der Waals surface area contributed by atoms with Crippen molar-refractivity contribution in [3.05, 3.63) is 95.3 Å². The molecule has 8 heterocycles. The number of hydrogen-bond acceptors (Lipinski definition) is 16. The van der Waals surface area contributed by atoms with Crippen molar-refractivity contribution in [1.82, 2.24) is 19.8 Å². The van der Waals surface area contributed by atoms with Gasteiger partial charge in [-0.1, -0.05) is 93.3 Å². The van der Waals surface area contributed by atoms with Crippen molar-refractivity contribution in [3.8, 4) is 11.5 Å². The Bertz CT molecular complexity index is 3630. The number of carbonyl (C=O) groups excluding carboxylic acids is 8. The summed E-state index contributed by atoms with van der Waals surface area (Å²) in [6.45, 7) is 15.2. The van der Waals surface area contributed by atoms with E-state index in [0.29, 0.717) is 53.3 Å². The number of nitrogens with zero attached hydrogens (tertiary/aromatic N) is 4. The van der Waals surface area contributed by atoms with Gasteiger partial charge >= 0.3 is 47.5 Å². The first-order valence-corrected chi connectivity index (χ1v) is 33.4. The SMILES string of the molecule is CCOC(=O)[C@]12CC(=O)[C@@H]3C[C@]4(CC(=O)c5c(c(C)nc6ccccc56)O4)CN3C(=O)[C@@H](C)CCCCC/C=C\[C@@H]1C2.CCOC(=O)[C@]12CC(=O)[C@@H]3C[C@]4(CC(O)c5c(c(C)nc6ccccc56)O4)CN3C(=O)[C@@H](CC(=O)OC(C)(C)C)CCCCC/C=C\[C@@H]1C2.[B].[H-].[Na+]. The maximum atomic E-state index is 14.6. The van der Waals surface area contributed by atoms with E-state index < -0.39 is 57.7 Å². The molecule has 20 heteroatoms. The maximum absolute atomic E-state index is 14.6. The first-order chi connectivity index (χ1) is 43.4. The van der Waals surface area contributed by atoms with Crippen molar-refractivity contribution in [2.24, 2.45) is 34.5 Å². The minimum absolute atomic E-state index is 0. The predicted octanol–water partition coefficient (Wildman–Crippen LogP) is 8.36. The number of rotatable bonds is 6. The van der Waals surface area contributed by atoms with Gasteiger partial charge in [0.1, 0.15) is 22.6 Å². The molecule has 8 aliphatic rings. The van der Waals surface area contributed by atoms with Gasteiger partial charge in [-0.3, -0.25) is 38.4 Å². The van der Waals surface area contributed by atoms with Gasteiger partial charge in [0.25, 0.3) is 0 Å². The van der Waals surface area contributed by atoms with E-state index in [1.165, 1.54) is 0 Å². The summed E-state index contributed by atoms with van der Waals surface area (Å²) in [4.78, 5) is 123. The fourth-order valence-electron chi connectivity index (χ4n) is 15.6. The standard InChI is InChI=1S/C39H50N2O8.C34H40N2O6.B.Na.H/c1-6-47-36(46)39-19-26(39)15-11-9-7-8-10-14-25(18-32(44)48-37(3,4)5)35(45)41-23-38(20-29(41)30(42)22-39)21-31(43)33-27-16-12-13-17-28(27)40-24(2)34(33)49-38;1-4-41-32(40)34-16-23(34)13-9-7-5-6-8-12-21(2)31(39)36-20-33(17-26(36)27(37)19-34)18-28(38)29-24-14-10-11-15-25(24)35-22(3)30(29)42-33;;;/h11-13,15-17,25-26,29,31,43H,6-10,14,18-23H2,1-5H3;9-11,13-15,21,23,26H,4-8,12,16-20H2,1-3H3;;;/q;;;+1;-1/b15-11-;13-9-;;;/t25-,26-,29+,31?,38+,39-;21-,23+,26-,33-,34+;;;/m10.../s1. The number of Topliss-reactive ketones (excluding diaryl/α,β-unsaturated/α-hetero) is 3. The molecule has 2 spiro atoms. The smallest absolute Gasteiger partial charge is 1.00 e. The zero-order valence-electron chi connectivity index (χ0n) is 56.9. The van der Waals surface area contributed by atoms with Crippen LogP contribution in [0.2, 0.25) is 0 Å². The molecule has 1 N–H and O–H groups in total. The minimum atomic E-state index is -1.07. The van der Waals surface area contributed by atoms with Gasteiger partial charge < -0.3 is 40.0 Å². The van der Waals surface area contributed by atoms with Crippen LogP contribution in [-0.4, -0.2) is 136 Å². The second-order valence-electron chi connectivity index (χ2n) is 28.3. The number of benzene rings is 2. The third-order valence-electron chi connectivity index (χ3n) is 20.4. The molecular formula is C73H91BN4NaO14. The van der Waals surface area contributed by atoms with Crippen molar-refractivity contribution < 1.29 is 98.1 Å². The van der Waals surface area contributed by atoms with Gasteiger partial charge in [-0.15, -0.1) is 0 Å². The Morgan fingerprint density at radius 3 is 1.74 bits per heavy atom. The molecule has 6 aliphatic heterocycles. The van der Waals surface area contributed by atoms with Crippen LogP contribution in [0.4, 0.5) is 0 Å². The quantitative estimate of drug-likeness (QED) is 0.0826. The number of hydrogen-bond donors (Lipinski definition) is 1. The van der Waals surface area contributed by atoms with E-state index in [0.717, 1.165) is 79.6 Å². The topological polar surface area (TPSA) is 235 Å². The summed E-state index contributed by atoms with van der Waals surface area (Å²) in [6, 6.07) is 13.4. The van der Waals surface area contributed by atoms with Gasteiger partial charge in [0.2, 0.25) is 11.8 Å². The largest absolute Gasteiger partial charge is 1.00 e. The number of amides is 2. The van der Waals surface area contributed by atoms with Gasteiger partial charge in [0.05, 0.1) is 96.1 Å². The Balaban J connectivity index is 0.000000236. The monoisotopic (exact) mass is 1280 g/mol.